The summed E-state index contributed by atoms with van der Waals surface area (Å²) in [5.41, 5.74) is 1.81. The maximum absolute atomic E-state index is 11.9. The summed E-state index contributed by atoms with van der Waals surface area (Å²) in [5, 5.41) is 20.5. The second-order valence-corrected chi connectivity index (χ2v) is 6.32. The van der Waals surface area contributed by atoms with Gasteiger partial charge in [-0.05, 0) is 23.3 Å². The minimum Gasteiger partial charge on any atom is -0.489 e. The molecule has 2 aromatic carbocycles. The monoisotopic (exact) mass is 341 g/mol. The lowest BCUT2D eigenvalue weighted by atomic mass is 10.0. The Morgan fingerprint density at radius 1 is 1.04 bits per heavy atom. The second-order valence-electron chi connectivity index (χ2n) is 6.32. The van der Waals surface area contributed by atoms with Crippen LogP contribution in [-0.4, -0.2) is 46.1 Å². The number of rotatable bonds is 4. The van der Waals surface area contributed by atoms with Crippen molar-refractivity contribution >= 4 is 6.09 Å². The van der Waals surface area contributed by atoms with Crippen molar-refractivity contribution in [1.29, 1.82) is 0 Å². The van der Waals surface area contributed by atoms with E-state index in [4.69, 9.17) is 9.47 Å². The van der Waals surface area contributed by atoms with Gasteiger partial charge in [0.15, 0.2) is 0 Å². The zero-order valence-corrected chi connectivity index (χ0v) is 13.5. The lowest BCUT2D eigenvalue weighted by molar-refractivity contribution is 0.0181. The number of benzene rings is 2. The molecule has 2 heterocycles. The molecule has 2 aliphatic rings. The maximum Gasteiger partial charge on any atom is 0.410 e. The number of ether oxygens (including phenoxy) is 2. The normalized spacial score (nSPS) is 27.9. The number of carbonyl (C=O) groups excluding carboxylic acids is 1. The van der Waals surface area contributed by atoms with Gasteiger partial charge in [-0.15, -0.1) is 0 Å². The molecule has 0 bridgehead atoms. The molecule has 2 aromatic rings. The zero-order valence-electron chi connectivity index (χ0n) is 13.5. The van der Waals surface area contributed by atoms with E-state index in [0.717, 1.165) is 11.1 Å². The third kappa shape index (κ3) is 2.83. The maximum atomic E-state index is 11.9. The van der Waals surface area contributed by atoms with Crippen LogP contribution in [0.5, 0.6) is 5.75 Å². The first-order valence-electron chi connectivity index (χ1n) is 8.23. The van der Waals surface area contributed by atoms with Gasteiger partial charge in [-0.1, -0.05) is 42.5 Å². The summed E-state index contributed by atoms with van der Waals surface area (Å²) in [7, 11) is 0. The first-order chi connectivity index (χ1) is 12.1. The van der Waals surface area contributed by atoms with E-state index < -0.39 is 30.4 Å². The van der Waals surface area contributed by atoms with Gasteiger partial charge in [-0.2, -0.15) is 0 Å². The van der Waals surface area contributed by atoms with Crippen molar-refractivity contribution in [2.75, 3.05) is 6.61 Å². The first-order valence-corrected chi connectivity index (χ1v) is 8.23. The molecule has 6 nitrogen and oxygen atoms in total. The van der Waals surface area contributed by atoms with Gasteiger partial charge in [-0.3, -0.25) is 4.90 Å². The topological polar surface area (TPSA) is 79.2 Å². The van der Waals surface area contributed by atoms with Crippen molar-refractivity contribution in [1.82, 2.24) is 4.90 Å². The molecule has 130 valence electrons. The van der Waals surface area contributed by atoms with Crippen LogP contribution in [0.2, 0.25) is 0 Å². The van der Waals surface area contributed by atoms with E-state index in [2.05, 4.69) is 0 Å². The summed E-state index contributed by atoms with van der Waals surface area (Å²) in [5.74, 6) is 0.696. The van der Waals surface area contributed by atoms with E-state index >= 15 is 0 Å². The van der Waals surface area contributed by atoms with Crippen LogP contribution in [0, 0.1) is 0 Å². The zero-order chi connectivity index (χ0) is 17.4. The van der Waals surface area contributed by atoms with Gasteiger partial charge in [-0.25, -0.2) is 4.79 Å². The van der Waals surface area contributed by atoms with Crippen LogP contribution in [0.1, 0.15) is 17.2 Å². The third-order valence-corrected chi connectivity index (χ3v) is 4.78. The van der Waals surface area contributed by atoms with Gasteiger partial charge < -0.3 is 19.7 Å². The van der Waals surface area contributed by atoms with Crippen molar-refractivity contribution < 1.29 is 24.5 Å². The minimum absolute atomic E-state index is 0.103. The number of hydrogen-bond donors (Lipinski definition) is 2. The fourth-order valence-corrected chi connectivity index (χ4v) is 3.47. The molecule has 0 radical (unpaired) electrons. The largest absolute Gasteiger partial charge is 0.489 e. The number of fused-ring (bicyclic) bond motifs is 1. The highest BCUT2D eigenvalue weighted by Crippen LogP contribution is 2.40. The number of amides is 1. The molecule has 25 heavy (non-hydrogen) atoms. The molecular weight excluding hydrogens is 322 g/mol. The predicted octanol–water partition coefficient (Wildman–Crippen LogP) is 1.86. The third-order valence-electron chi connectivity index (χ3n) is 4.78. The van der Waals surface area contributed by atoms with E-state index in [1.54, 1.807) is 24.3 Å². The summed E-state index contributed by atoms with van der Waals surface area (Å²) in [6.07, 6.45) is -2.55. The van der Waals surface area contributed by atoms with Crippen molar-refractivity contribution in [3.05, 3.63) is 65.7 Å². The van der Waals surface area contributed by atoms with E-state index in [0.29, 0.717) is 12.4 Å². The molecule has 4 atom stereocenters. The SMILES string of the molecule is O=C1OC[C@@H]2[C@@H](O)[C@H](O)[C@@H](c3ccc(OCc4ccccc4)cc3)N12. The average molecular weight is 341 g/mol. The summed E-state index contributed by atoms with van der Waals surface area (Å²) in [4.78, 5) is 13.3. The Balaban J connectivity index is 1.49. The Morgan fingerprint density at radius 2 is 1.76 bits per heavy atom. The number of nitrogens with zero attached hydrogens (tertiary/aromatic N) is 1. The van der Waals surface area contributed by atoms with E-state index in [9.17, 15) is 15.0 Å². The van der Waals surface area contributed by atoms with Crippen LogP contribution in [-0.2, 0) is 11.3 Å². The predicted molar refractivity (Wildman–Crippen MR) is 88.9 cm³/mol. The Hall–Kier alpha value is -2.57. The molecule has 0 aliphatic carbocycles. The van der Waals surface area contributed by atoms with Crippen LogP contribution in [0.4, 0.5) is 4.79 Å². The molecule has 2 saturated heterocycles. The second kappa shape index (κ2) is 6.38. The van der Waals surface area contributed by atoms with Gasteiger partial charge in [0.05, 0.1) is 12.1 Å². The number of carbonyl (C=O) groups is 1. The van der Waals surface area contributed by atoms with Gasteiger partial charge in [0.2, 0.25) is 0 Å². The summed E-state index contributed by atoms with van der Waals surface area (Å²) < 4.78 is 10.7. The van der Waals surface area contributed by atoms with E-state index in [-0.39, 0.29) is 6.61 Å². The Kier molecular flexibility index (Phi) is 4.07. The number of aliphatic hydroxyl groups is 2. The van der Waals surface area contributed by atoms with Crippen LogP contribution in [0.25, 0.3) is 0 Å². The molecular formula is C19H19NO5. The van der Waals surface area contributed by atoms with Crippen molar-refractivity contribution in [2.24, 2.45) is 0 Å². The lowest BCUT2D eigenvalue weighted by Crippen LogP contribution is -2.34. The van der Waals surface area contributed by atoms with Gasteiger partial charge in [0, 0.05) is 0 Å². The van der Waals surface area contributed by atoms with Crippen molar-refractivity contribution in [3.8, 4) is 5.75 Å². The molecule has 2 aliphatic heterocycles. The van der Waals surface area contributed by atoms with E-state index in [1.165, 1.54) is 4.90 Å². The van der Waals surface area contributed by atoms with E-state index in [1.807, 2.05) is 30.3 Å². The highest BCUT2D eigenvalue weighted by atomic mass is 16.6. The first kappa shape index (κ1) is 15.9. The van der Waals surface area contributed by atoms with Crippen LogP contribution in [0.3, 0.4) is 0 Å². The fourth-order valence-electron chi connectivity index (χ4n) is 3.47. The lowest BCUT2D eigenvalue weighted by Gasteiger charge is -2.23. The van der Waals surface area contributed by atoms with Crippen LogP contribution in [0.15, 0.2) is 54.6 Å². The molecule has 2 N–H and O–H groups in total. The summed E-state index contributed by atoms with van der Waals surface area (Å²) in [6, 6.07) is 15.9. The molecule has 0 aromatic heterocycles. The molecule has 2 fully saturated rings. The standard InChI is InChI=1S/C19H19NO5/c21-17-15-11-25-19(23)20(15)16(18(17)22)13-6-8-14(9-7-13)24-10-12-4-2-1-3-5-12/h1-9,15-18,21-22H,10-11H2/t15-,16-,17-,18-/m1/s1. The molecule has 4 rings (SSSR count). The summed E-state index contributed by atoms with van der Waals surface area (Å²) >= 11 is 0. The average Bonchev–Trinajstić information content (AvgIpc) is 3.14. The summed E-state index contributed by atoms with van der Waals surface area (Å²) in [6.45, 7) is 0.567. The Bertz CT molecular complexity index is 748. The van der Waals surface area contributed by atoms with Gasteiger partial charge >= 0.3 is 6.09 Å². The molecule has 0 saturated carbocycles. The number of aliphatic hydroxyl groups excluding tert-OH is 2. The molecule has 1 amide bonds. The van der Waals surface area contributed by atoms with Crippen LogP contribution >= 0.6 is 0 Å². The highest BCUT2D eigenvalue weighted by Gasteiger charge is 2.54. The Morgan fingerprint density at radius 3 is 2.48 bits per heavy atom. The number of cyclic esters (lactones) is 1. The van der Waals surface area contributed by atoms with Crippen molar-refractivity contribution in [2.45, 2.75) is 30.9 Å². The quantitative estimate of drug-likeness (QED) is 0.887. The highest BCUT2D eigenvalue weighted by molar-refractivity contribution is 5.72. The van der Waals surface area contributed by atoms with Crippen molar-refractivity contribution in [3.63, 3.8) is 0 Å². The van der Waals surface area contributed by atoms with Crippen LogP contribution < -0.4 is 4.74 Å². The van der Waals surface area contributed by atoms with Gasteiger partial charge in [0.1, 0.15) is 31.2 Å². The fraction of sp³-hybridized carbons (Fsp3) is 0.316. The Labute approximate surface area is 145 Å². The molecule has 6 heteroatoms. The number of hydrogen-bond acceptors (Lipinski definition) is 5. The molecule has 0 spiro atoms. The smallest absolute Gasteiger partial charge is 0.410 e. The minimum atomic E-state index is -1.03. The van der Waals surface area contributed by atoms with Gasteiger partial charge in [0.25, 0.3) is 0 Å². The molecule has 0 unspecified atom stereocenters.